The highest BCUT2D eigenvalue weighted by molar-refractivity contribution is 5.69. The Labute approximate surface area is 193 Å². The number of hydrogen-bond donors (Lipinski definition) is 3. The number of allylic oxidation sites excluding steroid dienone is 3. The van der Waals surface area contributed by atoms with Crippen molar-refractivity contribution < 1.29 is 24.9 Å². The molecular weight excluding hydrogens is 404 g/mol. The maximum absolute atomic E-state index is 12.3. The Morgan fingerprint density at radius 3 is 2.72 bits per heavy atom. The lowest BCUT2D eigenvalue weighted by molar-refractivity contribution is -0.154. The second kappa shape index (κ2) is 9.82. The summed E-state index contributed by atoms with van der Waals surface area (Å²) in [5.41, 5.74) is 2.33. The summed E-state index contributed by atoms with van der Waals surface area (Å²) in [5.74, 6) is 0.557. The summed E-state index contributed by atoms with van der Waals surface area (Å²) >= 11 is 0. The van der Waals surface area contributed by atoms with Crippen LogP contribution in [0.2, 0.25) is 0 Å². The SMILES string of the molecule is C=C1/C(=C\C=C2/CCC[C@]3(C)[C@@H]([C@H](C)OC(=O)CCC(C)(C)O)CC[C@@H]23)C[C@@H](O)C[C@@H]1O. The zero-order valence-electron chi connectivity index (χ0n) is 20.3. The van der Waals surface area contributed by atoms with Crippen LogP contribution in [0.5, 0.6) is 0 Å². The molecule has 0 aromatic rings. The van der Waals surface area contributed by atoms with E-state index < -0.39 is 17.8 Å². The summed E-state index contributed by atoms with van der Waals surface area (Å²) in [4.78, 5) is 12.3. The Bertz CT molecular complexity index is 773. The average molecular weight is 447 g/mol. The number of carbonyl (C=O) groups is 1. The highest BCUT2D eigenvalue weighted by Crippen LogP contribution is 2.58. The number of fused-ring (bicyclic) bond motifs is 1. The largest absolute Gasteiger partial charge is 0.462 e. The summed E-state index contributed by atoms with van der Waals surface area (Å²) in [6.45, 7) is 11.8. The van der Waals surface area contributed by atoms with Crippen molar-refractivity contribution in [2.75, 3.05) is 0 Å². The molecule has 5 nitrogen and oxygen atoms in total. The monoisotopic (exact) mass is 446 g/mol. The van der Waals surface area contributed by atoms with E-state index in [9.17, 15) is 20.1 Å². The summed E-state index contributed by atoms with van der Waals surface area (Å²) in [6, 6.07) is 0. The predicted octanol–water partition coefficient (Wildman–Crippen LogP) is 4.61. The van der Waals surface area contributed by atoms with Crippen molar-refractivity contribution in [2.45, 2.75) is 109 Å². The normalized spacial score (nSPS) is 36.9. The van der Waals surface area contributed by atoms with Crippen molar-refractivity contribution in [3.8, 4) is 0 Å². The van der Waals surface area contributed by atoms with Crippen LogP contribution in [0.25, 0.3) is 0 Å². The summed E-state index contributed by atoms with van der Waals surface area (Å²) in [5, 5.41) is 30.0. The van der Waals surface area contributed by atoms with Crippen LogP contribution in [-0.4, -0.2) is 45.2 Å². The Hall–Kier alpha value is -1.43. The Morgan fingerprint density at radius 1 is 1.31 bits per heavy atom. The van der Waals surface area contributed by atoms with Gasteiger partial charge in [-0.25, -0.2) is 0 Å². The molecule has 0 aliphatic heterocycles. The van der Waals surface area contributed by atoms with Crippen LogP contribution in [0.4, 0.5) is 0 Å². The predicted molar refractivity (Wildman–Crippen MR) is 126 cm³/mol. The van der Waals surface area contributed by atoms with E-state index in [4.69, 9.17) is 4.74 Å². The molecule has 3 rings (SSSR count). The van der Waals surface area contributed by atoms with Gasteiger partial charge in [0.25, 0.3) is 0 Å². The summed E-state index contributed by atoms with van der Waals surface area (Å²) < 4.78 is 5.82. The lowest BCUT2D eigenvalue weighted by atomic mass is 9.62. The van der Waals surface area contributed by atoms with Gasteiger partial charge in [0.05, 0.1) is 17.8 Å². The molecule has 0 radical (unpaired) electrons. The van der Waals surface area contributed by atoms with Crippen LogP contribution in [0.1, 0.15) is 85.5 Å². The second-order valence-corrected chi connectivity index (χ2v) is 11.2. The highest BCUT2D eigenvalue weighted by Gasteiger charge is 2.51. The van der Waals surface area contributed by atoms with Gasteiger partial charge in [0.15, 0.2) is 0 Å². The Balaban J connectivity index is 1.69. The van der Waals surface area contributed by atoms with Crippen LogP contribution in [-0.2, 0) is 9.53 Å². The fraction of sp³-hybridized carbons (Fsp3) is 0.741. The molecule has 0 saturated heterocycles. The zero-order chi connectivity index (χ0) is 23.7. The third-order valence-electron chi connectivity index (χ3n) is 8.13. The van der Waals surface area contributed by atoms with Gasteiger partial charge >= 0.3 is 5.97 Å². The Morgan fingerprint density at radius 2 is 2.03 bits per heavy atom. The fourth-order valence-electron chi connectivity index (χ4n) is 6.27. The molecule has 0 aromatic heterocycles. The number of aliphatic hydroxyl groups is 3. The van der Waals surface area contributed by atoms with Gasteiger partial charge in [-0.2, -0.15) is 0 Å². The first-order valence-electron chi connectivity index (χ1n) is 12.3. The lowest BCUT2D eigenvalue weighted by Gasteiger charge is -2.44. The van der Waals surface area contributed by atoms with E-state index >= 15 is 0 Å². The minimum absolute atomic E-state index is 0.0984. The van der Waals surface area contributed by atoms with Crippen LogP contribution >= 0.6 is 0 Å². The van der Waals surface area contributed by atoms with Gasteiger partial charge in [-0.15, -0.1) is 0 Å². The minimum Gasteiger partial charge on any atom is -0.462 e. The van der Waals surface area contributed by atoms with E-state index in [0.29, 0.717) is 31.1 Å². The Kier molecular flexibility index (Phi) is 7.73. The smallest absolute Gasteiger partial charge is 0.306 e. The van der Waals surface area contributed by atoms with Crippen molar-refractivity contribution in [3.63, 3.8) is 0 Å². The summed E-state index contributed by atoms with van der Waals surface area (Å²) in [7, 11) is 0. The molecule has 3 aliphatic carbocycles. The van der Waals surface area contributed by atoms with Crippen LogP contribution < -0.4 is 0 Å². The van der Waals surface area contributed by atoms with Crippen molar-refractivity contribution >= 4 is 5.97 Å². The number of hydrogen-bond acceptors (Lipinski definition) is 5. The molecule has 3 N–H and O–H groups in total. The third kappa shape index (κ3) is 5.73. The first-order chi connectivity index (χ1) is 14.9. The van der Waals surface area contributed by atoms with Gasteiger partial charge < -0.3 is 20.1 Å². The third-order valence-corrected chi connectivity index (χ3v) is 8.13. The highest BCUT2D eigenvalue weighted by atomic mass is 16.5. The minimum atomic E-state index is -0.861. The van der Waals surface area contributed by atoms with Gasteiger partial charge in [-0.05, 0) is 88.2 Å². The van der Waals surface area contributed by atoms with Crippen LogP contribution in [0.3, 0.4) is 0 Å². The standard InChI is InChI=1S/C27H42O5/c1-17-20(15-21(28)16-24(17)29)9-8-19-7-6-13-27(5)22(10-11-23(19)27)18(2)32-25(30)12-14-26(3,4)31/h8-9,18,21-24,28-29,31H,1,6-7,10-16H2,2-5H3/b19-8+,20-9-/t18-,21+,22+,23-,24-,27+/m0/s1. The van der Waals surface area contributed by atoms with E-state index in [1.54, 1.807) is 13.8 Å². The van der Waals surface area contributed by atoms with E-state index in [0.717, 1.165) is 43.3 Å². The molecule has 0 aromatic carbocycles. The fourth-order valence-corrected chi connectivity index (χ4v) is 6.27. The van der Waals surface area contributed by atoms with Crippen molar-refractivity contribution in [1.29, 1.82) is 0 Å². The van der Waals surface area contributed by atoms with E-state index in [2.05, 4.69) is 25.7 Å². The number of esters is 1. The number of rotatable bonds is 6. The molecule has 3 aliphatic rings. The van der Waals surface area contributed by atoms with Crippen molar-refractivity contribution in [1.82, 2.24) is 0 Å². The molecule has 0 spiro atoms. The van der Waals surface area contributed by atoms with E-state index in [-0.39, 0.29) is 23.9 Å². The van der Waals surface area contributed by atoms with Gasteiger partial charge in [0.1, 0.15) is 6.10 Å². The number of ether oxygens (including phenoxy) is 1. The first kappa shape index (κ1) is 25.2. The molecule has 3 fully saturated rings. The zero-order valence-corrected chi connectivity index (χ0v) is 20.3. The van der Waals surface area contributed by atoms with Crippen LogP contribution in [0.15, 0.2) is 35.5 Å². The molecule has 3 saturated carbocycles. The van der Waals surface area contributed by atoms with E-state index in [1.165, 1.54) is 5.57 Å². The topological polar surface area (TPSA) is 87.0 Å². The molecule has 0 amide bonds. The number of aliphatic hydroxyl groups excluding tert-OH is 2. The molecule has 5 heteroatoms. The lowest BCUT2D eigenvalue weighted by Crippen LogP contribution is -2.39. The van der Waals surface area contributed by atoms with E-state index in [1.807, 2.05) is 6.92 Å². The van der Waals surface area contributed by atoms with Crippen molar-refractivity contribution in [2.24, 2.45) is 17.3 Å². The molecule has 180 valence electrons. The first-order valence-corrected chi connectivity index (χ1v) is 12.3. The molecule has 32 heavy (non-hydrogen) atoms. The average Bonchev–Trinajstić information content (AvgIpc) is 3.05. The molecule has 6 atom stereocenters. The second-order valence-electron chi connectivity index (χ2n) is 11.2. The van der Waals surface area contributed by atoms with Gasteiger partial charge in [-0.3, -0.25) is 4.79 Å². The maximum Gasteiger partial charge on any atom is 0.306 e. The molecular formula is C27H42O5. The number of carbonyl (C=O) groups excluding carboxylic acids is 1. The van der Waals surface area contributed by atoms with Gasteiger partial charge in [0.2, 0.25) is 0 Å². The molecule has 0 unspecified atom stereocenters. The van der Waals surface area contributed by atoms with Crippen molar-refractivity contribution in [3.05, 3.63) is 35.5 Å². The maximum atomic E-state index is 12.3. The van der Waals surface area contributed by atoms with Gasteiger partial charge in [0, 0.05) is 18.8 Å². The summed E-state index contributed by atoms with van der Waals surface area (Å²) in [6.07, 6.45) is 9.93. The van der Waals surface area contributed by atoms with Gasteiger partial charge in [-0.1, -0.05) is 31.2 Å². The quantitative estimate of drug-likeness (QED) is 0.519. The molecule has 0 bridgehead atoms. The van der Waals surface area contributed by atoms with Crippen LogP contribution in [0, 0.1) is 17.3 Å². The molecule has 0 heterocycles.